The van der Waals surface area contributed by atoms with Crippen LogP contribution in [0.3, 0.4) is 0 Å². The van der Waals surface area contributed by atoms with E-state index in [1.165, 1.54) is 12.1 Å². The number of aryl methyl sites for hydroxylation is 2. The van der Waals surface area contributed by atoms with Gasteiger partial charge in [0.1, 0.15) is 11.5 Å². The van der Waals surface area contributed by atoms with Crippen molar-refractivity contribution in [1.82, 2.24) is 30.1 Å². The molecule has 0 aliphatic carbocycles. The van der Waals surface area contributed by atoms with Gasteiger partial charge in [-0.2, -0.15) is 5.10 Å². The molecule has 0 aliphatic heterocycles. The van der Waals surface area contributed by atoms with Gasteiger partial charge in [-0.15, -0.1) is 0 Å². The number of imidazole rings is 1. The number of fused-ring (bicyclic) bond motifs is 1. The SMILES string of the molecule is C=C/C=C(/c1cccc(F)c1)c1nc(-c2[nH]nc3ncc(-c4cncc(C)c4)cc23)[nH]c1C. The molecule has 4 heterocycles. The number of hydrogen-bond donors (Lipinski definition) is 2. The maximum Gasteiger partial charge on any atom is 0.181 e. The van der Waals surface area contributed by atoms with Crippen molar-refractivity contribution in [3.63, 3.8) is 0 Å². The Morgan fingerprint density at radius 3 is 2.70 bits per heavy atom. The third kappa shape index (κ3) is 3.85. The summed E-state index contributed by atoms with van der Waals surface area (Å²) in [6, 6.07) is 10.5. The van der Waals surface area contributed by atoms with Gasteiger partial charge in [-0.25, -0.2) is 14.4 Å². The van der Waals surface area contributed by atoms with E-state index in [9.17, 15) is 4.39 Å². The topological polar surface area (TPSA) is 83.1 Å². The Morgan fingerprint density at radius 1 is 1.06 bits per heavy atom. The number of pyridine rings is 2. The van der Waals surface area contributed by atoms with E-state index in [1.54, 1.807) is 18.3 Å². The average molecular weight is 436 g/mol. The van der Waals surface area contributed by atoms with Gasteiger partial charge in [-0.1, -0.05) is 30.9 Å². The molecular formula is C26H21FN6. The van der Waals surface area contributed by atoms with Crippen LogP contribution in [0, 0.1) is 19.7 Å². The summed E-state index contributed by atoms with van der Waals surface area (Å²) in [5.74, 6) is 0.317. The minimum Gasteiger partial charge on any atom is -0.340 e. The first-order valence-electron chi connectivity index (χ1n) is 10.5. The lowest BCUT2D eigenvalue weighted by atomic mass is 10.0. The lowest BCUT2D eigenvalue weighted by Gasteiger charge is -2.06. The highest BCUT2D eigenvalue weighted by molar-refractivity contribution is 5.92. The summed E-state index contributed by atoms with van der Waals surface area (Å²) in [5.41, 5.74) is 7.38. The number of H-pyrrole nitrogens is 2. The van der Waals surface area contributed by atoms with Crippen LogP contribution in [-0.4, -0.2) is 30.1 Å². The normalized spacial score (nSPS) is 11.8. The summed E-state index contributed by atoms with van der Waals surface area (Å²) in [7, 11) is 0. The first kappa shape index (κ1) is 20.5. The summed E-state index contributed by atoms with van der Waals surface area (Å²) in [5, 5.41) is 8.25. The predicted molar refractivity (Wildman–Crippen MR) is 128 cm³/mol. The quantitative estimate of drug-likeness (QED) is 0.342. The van der Waals surface area contributed by atoms with E-state index >= 15 is 0 Å². The first-order chi connectivity index (χ1) is 16.0. The summed E-state index contributed by atoms with van der Waals surface area (Å²) in [6.07, 6.45) is 8.93. The zero-order valence-corrected chi connectivity index (χ0v) is 18.2. The van der Waals surface area contributed by atoms with E-state index in [-0.39, 0.29) is 5.82 Å². The van der Waals surface area contributed by atoms with E-state index in [4.69, 9.17) is 4.98 Å². The number of aromatic nitrogens is 6. The molecule has 0 fully saturated rings. The number of rotatable bonds is 5. The molecule has 0 amide bonds. The van der Waals surface area contributed by atoms with Gasteiger partial charge in [0.15, 0.2) is 11.5 Å². The summed E-state index contributed by atoms with van der Waals surface area (Å²) in [4.78, 5) is 17.0. The smallest absolute Gasteiger partial charge is 0.181 e. The van der Waals surface area contributed by atoms with Crippen LogP contribution in [0.1, 0.15) is 22.5 Å². The van der Waals surface area contributed by atoms with E-state index in [0.29, 0.717) is 17.2 Å². The predicted octanol–water partition coefficient (Wildman–Crippen LogP) is 5.78. The molecule has 162 valence electrons. The Labute approximate surface area is 190 Å². The van der Waals surface area contributed by atoms with Crippen LogP contribution in [0.5, 0.6) is 0 Å². The number of nitrogens with zero attached hydrogens (tertiary/aromatic N) is 4. The molecule has 5 aromatic rings. The molecule has 0 unspecified atom stereocenters. The Balaban J connectivity index is 1.61. The number of allylic oxidation sites excluding steroid dienone is 2. The Bertz CT molecular complexity index is 1530. The molecular weight excluding hydrogens is 415 g/mol. The largest absolute Gasteiger partial charge is 0.340 e. The van der Waals surface area contributed by atoms with Crippen LogP contribution in [0.4, 0.5) is 4.39 Å². The minimum atomic E-state index is -0.306. The van der Waals surface area contributed by atoms with Gasteiger partial charge >= 0.3 is 0 Å². The molecule has 4 aromatic heterocycles. The number of aromatic amines is 2. The molecule has 0 spiro atoms. The second-order valence-corrected chi connectivity index (χ2v) is 7.83. The van der Waals surface area contributed by atoms with Crippen molar-refractivity contribution in [1.29, 1.82) is 0 Å². The van der Waals surface area contributed by atoms with Crippen LogP contribution in [0.15, 0.2) is 73.7 Å². The highest BCUT2D eigenvalue weighted by atomic mass is 19.1. The van der Waals surface area contributed by atoms with Crippen molar-refractivity contribution in [2.75, 3.05) is 0 Å². The van der Waals surface area contributed by atoms with Crippen molar-refractivity contribution in [3.8, 4) is 22.6 Å². The minimum absolute atomic E-state index is 0.306. The molecule has 6 nitrogen and oxygen atoms in total. The standard InChI is InChI=1S/C26H21FN6/c1-4-6-21(17-7-5-8-20(27)10-17)23-16(3)30-26(31-23)24-22-11-19(14-29-25(22)33-32-24)18-9-15(2)12-28-13-18/h4-14H,1H2,2-3H3,(H,30,31)(H,29,32,33)/b21-6-. The summed E-state index contributed by atoms with van der Waals surface area (Å²) < 4.78 is 13.9. The maximum absolute atomic E-state index is 13.9. The fourth-order valence-corrected chi connectivity index (χ4v) is 3.88. The van der Waals surface area contributed by atoms with Gasteiger partial charge in [0.25, 0.3) is 0 Å². The molecule has 0 atom stereocenters. The molecule has 0 radical (unpaired) electrons. The molecule has 7 heteroatoms. The molecule has 1 aromatic carbocycles. The van der Waals surface area contributed by atoms with E-state index in [0.717, 1.165) is 44.6 Å². The van der Waals surface area contributed by atoms with Crippen LogP contribution >= 0.6 is 0 Å². The van der Waals surface area contributed by atoms with Gasteiger partial charge in [-0.05, 0) is 49.2 Å². The summed E-state index contributed by atoms with van der Waals surface area (Å²) in [6.45, 7) is 7.75. The Hall–Kier alpha value is -4.39. The molecule has 5 rings (SSSR count). The maximum atomic E-state index is 13.9. The molecule has 0 saturated heterocycles. The van der Waals surface area contributed by atoms with Crippen molar-refractivity contribution in [2.24, 2.45) is 0 Å². The molecule has 0 aliphatic rings. The lowest BCUT2D eigenvalue weighted by molar-refractivity contribution is 0.627. The number of hydrogen-bond acceptors (Lipinski definition) is 4. The van der Waals surface area contributed by atoms with Gasteiger partial charge in [-0.3, -0.25) is 10.1 Å². The second-order valence-electron chi connectivity index (χ2n) is 7.83. The fraction of sp³-hybridized carbons (Fsp3) is 0.0769. The number of halogens is 1. The fourth-order valence-electron chi connectivity index (χ4n) is 3.88. The number of benzene rings is 1. The van der Waals surface area contributed by atoms with Crippen LogP contribution < -0.4 is 0 Å². The van der Waals surface area contributed by atoms with Crippen molar-refractivity contribution in [3.05, 3.63) is 102 Å². The highest BCUT2D eigenvalue weighted by Crippen LogP contribution is 2.31. The van der Waals surface area contributed by atoms with Gasteiger partial charge < -0.3 is 4.98 Å². The Kier molecular flexibility index (Phi) is 5.14. The average Bonchev–Trinajstić information content (AvgIpc) is 3.40. The van der Waals surface area contributed by atoms with Gasteiger partial charge in [0.05, 0.1) is 11.1 Å². The Morgan fingerprint density at radius 2 is 1.91 bits per heavy atom. The van der Waals surface area contributed by atoms with Crippen molar-refractivity contribution in [2.45, 2.75) is 13.8 Å². The second kappa shape index (κ2) is 8.27. The molecule has 0 saturated carbocycles. The van der Waals surface area contributed by atoms with E-state index in [1.807, 2.05) is 44.4 Å². The van der Waals surface area contributed by atoms with Gasteiger partial charge in [0.2, 0.25) is 0 Å². The van der Waals surface area contributed by atoms with Crippen molar-refractivity contribution < 1.29 is 4.39 Å². The van der Waals surface area contributed by atoms with E-state index < -0.39 is 0 Å². The van der Waals surface area contributed by atoms with Crippen molar-refractivity contribution >= 4 is 16.6 Å². The molecule has 0 bridgehead atoms. The zero-order valence-electron chi connectivity index (χ0n) is 18.2. The van der Waals surface area contributed by atoms with E-state index in [2.05, 4.69) is 37.8 Å². The highest BCUT2D eigenvalue weighted by Gasteiger charge is 2.18. The van der Waals surface area contributed by atoms with Crippen LogP contribution in [0.25, 0.3) is 39.3 Å². The monoisotopic (exact) mass is 436 g/mol. The zero-order chi connectivity index (χ0) is 22.9. The van der Waals surface area contributed by atoms with Crippen LogP contribution in [-0.2, 0) is 0 Å². The molecule has 33 heavy (non-hydrogen) atoms. The first-order valence-corrected chi connectivity index (χ1v) is 10.5. The lowest BCUT2D eigenvalue weighted by Crippen LogP contribution is -1.92. The van der Waals surface area contributed by atoms with Gasteiger partial charge in [0, 0.05) is 41.0 Å². The third-order valence-electron chi connectivity index (χ3n) is 5.41. The third-order valence-corrected chi connectivity index (χ3v) is 5.41. The van der Waals surface area contributed by atoms with Crippen LogP contribution in [0.2, 0.25) is 0 Å². The number of nitrogens with one attached hydrogen (secondary N) is 2. The molecule has 2 N–H and O–H groups in total. The summed E-state index contributed by atoms with van der Waals surface area (Å²) >= 11 is 0.